The molecule has 0 radical (unpaired) electrons. The molecule has 1 atom stereocenters. The number of benzene rings is 1. The van der Waals surface area contributed by atoms with Gasteiger partial charge >= 0.3 is 0 Å². The van der Waals surface area contributed by atoms with Crippen molar-refractivity contribution in [3.8, 4) is 11.5 Å². The van der Waals surface area contributed by atoms with Crippen LogP contribution in [0.5, 0.6) is 11.5 Å². The second-order valence-corrected chi connectivity index (χ2v) is 3.68. The SMILES string of the molecule is COc1ccc([C@@H]2CNCCO2)cc1OC. The summed E-state index contributed by atoms with van der Waals surface area (Å²) in [4.78, 5) is 0. The van der Waals surface area contributed by atoms with Gasteiger partial charge in [-0.3, -0.25) is 0 Å². The summed E-state index contributed by atoms with van der Waals surface area (Å²) in [5.41, 5.74) is 1.12. The molecule has 88 valence electrons. The molecule has 1 aliphatic heterocycles. The minimum Gasteiger partial charge on any atom is -0.493 e. The predicted molar refractivity (Wildman–Crippen MR) is 61.1 cm³/mol. The highest BCUT2D eigenvalue weighted by molar-refractivity contribution is 5.43. The van der Waals surface area contributed by atoms with Gasteiger partial charge in [-0.1, -0.05) is 6.07 Å². The second-order valence-electron chi connectivity index (χ2n) is 3.68. The summed E-state index contributed by atoms with van der Waals surface area (Å²) in [6, 6.07) is 5.89. The molecule has 16 heavy (non-hydrogen) atoms. The van der Waals surface area contributed by atoms with E-state index < -0.39 is 0 Å². The van der Waals surface area contributed by atoms with Gasteiger partial charge in [0.15, 0.2) is 11.5 Å². The van der Waals surface area contributed by atoms with Crippen molar-refractivity contribution in [2.45, 2.75) is 6.10 Å². The molecule has 0 unspecified atom stereocenters. The molecule has 0 amide bonds. The molecule has 0 bridgehead atoms. The first kappa shape index (κ1) is 11.2. The largest absolute Gasteiger partial charge is 0.493 e. The number of ether oxygens (including phenoxy) is 3. The quantitative estimate of drug-likeness (QED) is 0.840. The normalized spacial score (nSPS) is 20.5. The van der Waals surface area contributed by atoms with Crippen LogP contribution in [0, 0.1) is 0 Å². The van der Waals surface area contributed by atoms with Gasteiger partial charge in [-0.05, 0) is 17.7 Å². The third-order valence-corrected chi connectivity index (χ3v) is 2.71. The van der Waals surface area contributed by atoms with Crippen LogP contribution in [0.1, 0.15) is 11.7 Å². The fraction of sp³-hybridized carbons (Fsp3) is 0.500. The molecule has 1 N–H and O–H groups in total. The van der Waals surface area contributed by atoms with E-state index >= 15 is 0 Å². The maximum atomic E-state index is 5.68. The molecule has 1 saturated heterocycles. The maximum absolute atomic E-state index is 5.68. The summed E-state index contributed by atoms with van der Waals surface area (Å²) in [6.45, 7) is 2.51. The Morgan fingerprint density at radius 1 is 1.25 bits per heavy atom. The molecule has 1 fully saturated rings. The molecular weight excluding hydrogens is 206 g/mol. The van der Waals surface area contributed by atoms with Crippen molar-refractivity contribution < 1.29 is 14.2 Å². The van der Waals surface area contributed by atoms with Crippen LogP contribution < -0.4 is 14.8 Å². The fourth-order valence-corrected chi connectivity index (χ4v) is 1.83. The lowest BCUT2D eigenvalue weighted by Gasteiger charge is -2.24. The van der Waals surface area contributed by atoms with Gasteiger partial charge in [-0.2, -0.15) is 0 Å². The van der Waals surface area contributed by atoms with Crippen LogP contribution in [-0.4, -0.2) is 33.9 Å². The Morgan fingerprint density at radius 3 is 2.69 bits per heavy atom. The van der Waals surface area contributed by atoms with E-state index in [2.05, 4.69) is 5.32 Å². The third kappa shape index (κ3) is 2.28. The van der Waals surface area contributed by atoms with Crippen LogP contribution in [-0.2, 0) is 4.74 Å². The Bertz CT molecular complexity index is 348. The van der Waals surface area contributed by atoms with Gasteiger partial charge in [0.2, 0.25) is 0 Å². The lowest BCUT2D eigenvalue weighted by molar-refractivity contribution is 0.0275. The molecule has 1 heterocycles. The molecule has 0 aliphatic carbocycles. The number of methoxy groups -OCH3 is 2. The predicted octanol–water partition coefficient (Wildman–Crippen LogP) is 1.36. The standard InChI is InChI=1S/C12H17NO3/c1-14-10-4-3-9(7-11(10)15-2)12-8-13-5-6-16-12/h3-4,7,12-13H,5-6,8H2,1-2H3/t12-/m0/s1. The summed E-state index contributed by atoms with van der Waals surface area (Å²) in [7, 11) is 3.28. The Labute approximate surface area is 95.5 Å². The van der Waals surface area contributed by atoms with Gasteiger partial charge in [0, 0.05) is 13.1 Å². The average Bonchev–Trinajstić information content (AvgIpc) is 2.39. The number of hydrogen-bond donors (Lipinski definition) is 1. The van der Waals surface area contributed by atoms with E-state index in [1.54, 1.807) is 14.2 Å². The molecule has 4 nitrogen and oxygen atoms in total. The minimum atomic E-state index is 0.105. The van der Waals surface area contributed by atoms with Crippen molar-refractivity contribution in [2.75, 3.05) is 33.9 Å². The Kier molecular flexibility index (Phi) is 3.64. The molecule has 2 rings (SSSR count). The van der Waals surface area contributed by atoms with Gasteiger partial charge < -0.3 is 19.5 Å². The summed E-state index contributed by atoms with van der Waals surface area (Å²) in [5, 5.41) is 3.30. The fourth-order valence-electron chi connectivity index (χ4n) is 1.83. The number of hydrogen-bond acceptors (Lipinski definition) is 4. The van der Waals surface area contributed by atoms with Gasteiger partial charge in [0.05, 0.1) is 26.9 Å². The van der Waals surface area contributed by atoms with E-state index in [1.165, 1.54) is 0 Å². The van der Waals surface area contributed by atoms with Crippen molar-refractivity contribution in [2.24, 2.45) is 0 Å². The number of morpholine rings is 1. The smallest absolute Gasteiger partial charge is 0.161 e. The van der Waals surface area contributed by atoms with E-state index in [9.17, 15) is 0 Å². The van der Waals surface area contributed by atoms with E-state index in [1.807, 2.05) is 18.2 Å². The molecule has 0 spiro atoms. The van der Waals surface area contributed by atoms with Crippen molar-refractivity contribution >= 4 is 0 Å². The highest BCUT2D eigenvalue weighted by Crippen LogP contribution is 2.31. The highest BCUT2D eigenvalue weighted by atomic mass is 16.5. The lowest BCUT2D eigenvalue weighted by atomic mass is 10.1. The van der Waals surface area contributed by atoms with Crippen molar-refractivity contribution in [3.63, 3.8) is 0 Å². The molecule has 4 heteroatoms. The first-order chi connectivity index (χ1) is 7.85. The minimum absolute atomic E-state index is 0.105. The van der Waals surface area contributed by atoms with Crippen molar-refractivity contribution in [3.05, 3.63) is 23.8 Å². The van der Waals surface area contributed by atoms with Gasteiger partial charge in [0.1, 0.15) is 0 Å². The van der Waals surface area contributed by atoms with Crippen LogP contribution in [0.4, 0.5) is 0 Å². The Morgan fingerprint density at radius 2 is 2.06 bits per heavy atom. The molecule has 1 aromatic carbocycles. The summed E-state index contributed by atoms with van der Waals surface area (Å²) in [5.74, 6) is 1.49. The van der Waals surface area contributed by atoms with Crippen LogP contribution >= 0.6 is 0 Å². The molecule has 0 saturated carbocycles. The molecular formula is C12H17NO3. The summed E-state index contributed by atoms with van der Waals surface area (Å²) in [6.07, 6.45) is 0.105. The van der Waals surface area contributed by atoms with E-state index in [0.29, 0.717) is 0 Å². The van der Waals surface area contributed by atoms with Crippen molar-refractivity contribution in [1.82, 2.24) is 5.32 Å². The monoisotopic (exact) mass is 223 g/mol. The molecule has 0 aromatic heterocycles. The Balaban J connectivity index is 2.20. The topological polar surface area (TPSA) is 39.7 Å². The zero-order valence-electron chi connectivity index (χ0n) is 9.66. The maximum Gasteiger partial charge on any atom is 0.161 e. The second kappa shape index (κ2) is 5.18. The Hall–Kier alpha value is -1.26. The first-order valence-electron chi connectivity index (χ1n) is 5.39. The van der Waals surface area contributed by atoms with Gasteiger partial charge in [0.25, 0.3) is 0 Å². The molecule has 1 aromatic rings. The number of rotatable bonds is 3. The zero-order chi connectivity index (χ0) is 11.4. The van der Waals surface area contributed by atoms with Crippen LogP contribution in [0.15, 0.2) is 18.2 Å². The van der Waals surface area contributed by atoms with Crippen LogP contribution in [0.3, 0.4) is 0 Å². The van der Waals surface area contributed by atoms with Gasteiger partial charge in [-0.25, -0.2) is 0 Å². The highest BCUT2D eigenvalue weighted by Gasteiger charge is 2.17. The average molecular weight is 223 g/mol. The third-order valence-electron chi connectivity index (χ3n) is 2.71. The lowest BCUT2D eigenvalue weighted by Crippen LogP contribution is -2.33. The zero-order valence-corrected chi connectivity index (χ0v) is 9.66. The van der Waals surface area contributed by atoms with E-state index in [0.717, 1.165) is 36.8 Å². The summed E-state index contributed by atoms with van der Waals surface area (Å²) >= 11 is 0. The van der Waals surface area contributed by atoms with Crippen molar-refractivity contribution in [1.29, 1.82) is 0 Å². The van der Waals surface area contributed by atoms with Crippen LogP contribution in [0.2, 0.25) is 0 Å². The number of nitrogens with one attached hydrogen (secondary N) is 1. The molecule has 1 aliphatic rings. The van der Waals surface area contributed by atoms with E-state index in [-0.39, 0.29) is 6.10 Å². The summed E-state index contributed by atoms with van der Waals surface area (Å²) < 4.78 is 16.1. The van der Waals surface area contributed by atoms with E-state index in [4.69, 9.17) is 14.2 Å². The van der Waals surface area contributed by atoms with Gasteiger partial charge in [-0.15, -0.1) is 0 Å². The van der Waals surface area contributed by atoms with Crippen LogP contribution in [0.25, 0.3) is 0 Å². The first-order valence-corrected chi connectivity index (χ1v) is 5.39.